The van der Waals surface area contributed by atoms with Crippen molar-refractivity contribution in [3.05, 3.63) is 16.6 Å². The highest BCUT2D eigenvalue weighted by molar-refractivity contribution is 7.11. The number of carbonyl (C=O) groups excluding carboxylic acids is 1. The Bertz CT molecular complexity index is 409. The van der Waals surface area contributed by atoms with Crippen molar-refractivity contribution < 1.29 is 4.79 Å². The number of hydrogen-bond donors (Lipinski definition) is 2. The van der Waals surface area contributed by atoms with E-state index in [4.69, 9.17) is 11.5 Å². The molecule has 0 aliphatic heterocycles. The molecule has 1 rings (SSSR count). The standard InChI is InChI=1S/C9H10N4OS/c10-9(11)13-4-2-1-3-7(14)8-5-12-6-15-8/h5-6H,2,4H2,(H4,10,11,13). The smallest absolute Gasteiger partial charge is 0.247 e. The maximum absolute atomic E-state index is 11.3. The molecule has 15 heavy (non-hydrogen) atoms. The van der Waals surface area contributed by atoms with Crippen molar-refractivity contribution >= 4 is 23.1 Å². The molecule has 1 aromatic rings. The van der Waals surface area contributed by atoms with Crippen LogP contribution in [0.4, 0.5) is 0 Å². The molecule has 5 nitrogen and oxygen atoms in total. The first-order valence-corrected chi connectivity index (χ1v) is 5.05. The summed E-state index contributed by atoms with van der Waals surface area (Å²) in [5, 5.41) is 0. The topological polar surface area (TPSA) is 94.4 Å². The Morgan fingerprint density at radius 1 is 1.60 bits per heavy atom. The first kappa shape index (κ1) is 11.2. The van der Waals surface area contributed by atoms with Crippen LogP contribution >= 0.6 is 11.3 Å². The second kappa shape index (κ2) is 5.78. The van der Waals surface area contributed by atoms with Crippen LogP contribution in [-0.4, -0.2) is 23.3 Å². The third kappa shape index (κ3) is 4.24. The fourth-order valence-corrected chi connectivity index (χ4v) is 1.29. The average molecular weight is 222 g/mol. The Balaban J connectivity index is 2.39. The van der Waals surface area contributed by atoms with E-state index in [0.29, 0.717) is 17.8 Å². The van der Waals surface area contributed by atoms with Gasteiger partial charge in [0.25, 0.3) is 0 Å². The van der Waals surface area contributed by atoms with E-state index >= 15 is 0 Å². The summed E-state index contributed by atoms with van der Waals surface area (Å²) in [6.45, 7) is 0.408. The van der Waals surface area contributed by atoms with E-state index in [2.05, 4.69) is 21.8 Å². The zero-order valence-electron chi connectivity index (χ0n) is 7.93. The molecule has 78 valence electrons. The molecule has 1 aromatic heterocycles. The van der Waals surface area contributed by atoms with Gasteiger partial charge in [0.2, 0.25) is 5.78 Å². The minimum Gasteiger partial charge on any atom is -0.370 e. The molecule has 0 unspecified atom stereocenters. The Morgan fingerprint density at radius 2 is 2.40 bits per heavy atom. The maximum Gasteiger partial charge on any atom is 0.247 e. The van der Waals surface area contributed by atoms with Crippen LogP contribution < -0.4 is 11.5 Å². The highest BCUT2D eigenvalue weighted by atomic mass is 32.1. The lowest BCUT2D eigenvalue weighted by molar-refractivity contribution is 0.106. The molecule has 0 saturated heterocycles. The van der Waals surface area contributed by atoms with E-state index in [9.17, 15) is 4.79 Å². The van der Waals surface area contributed by atoms with Gasteiger partial charge < -0.3 is 11.5 Å². The third-order valence-corrected chi connectivity index (χ3v) is 2.16. The summed E-state index contributed by atoms with van der Waals surface area (Å²) >= 11 is 1.27. The molecule has 0 aliphatic rings. The number of carbonyl (C=O) groups is 1. The Kier molecular flexibility index (Phi) is 4.31. The molecule has 0 aromatic carbocycles. The number of hydrogen-bond acceptors (Lipinski definition) is 4. The zero-order valence-corrected chi connectivity index (χ0v) is 8.75. The van der Waals surface area contributed by atoms with Crippen molar-refractivity contribution in [3.8, 4) is 11.8 Å². The second-order valence-electron chi connectivity index (χ2n) is 2.55. The Morgan fingerprint density at radius 3 is 3.00 bits per heavy atom. The number of aromatic nitrogens is 1. The average Bonchev–Trinajstić information content (AvgIpc) is 2.69. The van der Waals surface area contributed by atoms with Crippen LogP contribution in [0.2, 0.25) is 0 Å². The highest BCUT2D eigenvalue weighted by Gasteiger charge is 2.01. The maximum atomic E-state index is 11.3. The minimum absolute atomic E-state index is 0.0329. The molecule has 0 saturated carbocycles. The monoisotopic (exact) mass is 222 g/mol. The molecule has 0 amide bonds. The second-order valence-corrected chi connectivity index (χ2v) is 3.44. The van der Waals surface area contributed by atoms with Crippen LogP contribution in [0.3, 0.4) is 0 Å². The van der Waals surface area contributed by atoms with Crippen molar-refractivity contribution in [1.29, 1.82) is 0 Å². The number of guanidine groups is 1. The summed E-state index contributed by atoms with van der Waals surface area (Å²) in [6, 6.07) is 0. The predicted molar refractivity (Wildman–Crippen MR) is 59.5 cm³/mol. The molecule has 0 aliphatic carbocycles. The Hall–Kier alpha value is -1.87. The van der Waals surface area contributed by atoms with Crippen molar-refractivity contribution in [1.82, 2.24) is 4.98 Å². The third-order valence-electron chi connectivity index (χ3n) is 1.39. The van der Waals surface area contributed by atoms with Crippen LogP contribution in [0.1, 0.15) is 16.1 Å². The van der Waals surface area contributed by atoms with Crippen LogP contribution in [0.5, 0.6) is 0 Å². The van der Waals surface area contributed by atoms with E-state index < -0.39 is 0 Å². The lowest BCUT2D eigenvalue weighted by Crippen LogP contribution is -2.22. The first-order chi connectivity index (χ1) is 7.20. The summed E-state index contributed by atoms with van der Waals surface area (Å²) in [4.78, 5) is 19.4. The predicted octanol–water partition coefficient (Wildman–Crippen LogP) is -0.00730. The van der Waals surface area contributed by atoms with Crippen molar-refractivity contribution in [2.75, 3.05) is 6.54 Å². The molecule has 0 atom stereocenters. The van der Waals surface area contributed by atoms with Gasteiger partial charge in [0, 0.05) is 12.6 Å². The van der Waals surface area contributed by atoms with Gasteiger partial charge in [-0.25, -0.2) is 0 Å². The molecule has 0 fully saturated rings. The van der Waals surface area contributed by atoms with Gasteiger partial charge in [-0.05, 0) is 5.92 Å². The van der Waals surface area contributed by atoms with Crippen LogP contribution in [-0.2, 0) is 0 Å². The van der Waals surface area contributed by atoms with Gasteiger partial charge in [0.1, 0.15) is 4.88 Å². The van der Waals surface area contributed by atoms with Gasteiger partial charge in [-0.3, -0.25) is 14.8 Å². The molecule has 0 bridgehead atoms. The molecular formula is C9H10N4OS. The number of aliphatic imine (C=N–C) groups is 1. The molecule has 1 heterocycles. The molecule has 0 spiro atoms. The first-order valence-electron chi connectivity index (χ1n) is 4.17. The lowest BCUT2D eigenvalue weighted by atomic mass is 10.3. The van der Waals surface area contributed by atoms with Crippen LogP contribution in [0.25, 0.3) is 0 Å². The van der Waals surface area contributed by atoms with Gasteiger partial charge in [0.15, 0.2) is 5.96 Å². The van der Waals surface area contributed by atoms with E-state index in [-0.39, 0.29) is 11.7 Å². The van der Waals surface area contributed by atoms with E-state index in [1.54, 1.807) is 5.51 Å². The number of nitrogens with two attached hydrogens (primary N) is 2. The van der Waals surface area contributed by atoms with Crippen LogP contribution in [0.15, 0.2) is 16.7 Å². The number of Topliss-reactive ketones (excluding diaryl/α,β-unsaturated/α-hetero) is 1. The van der Waals surface area contributed by atoms with Crippen molar-refractivity contribution in [2.45, 2.75) is 6.42 Å². The molecule has 0 radical (unpaired) electrons. The fourth-order valence-electron chi connectivity index (χ4n) is 0.773. The molecular weight excluding hydrogens is 212 g/mol. The number of thiazole rings is 1. The number of rotatable bonds is 3. The summed E-state index contributed by atoms with van der Waals surface area (Å²) in [5.41, 5.74) is 11.8. The fraction of sp³-hybridized carbons (Fsp3) is 0.222. The number of ketones is 1. The van der Waals surface area contributed by atoms with Gasteiger partial charge in [-0.1, -0.05) is 5.92 Å². The van der Waals surface area contributed by atoms with E-state index in [1.807, 2.05) is 0 Å². The minimum atomic E-state index is -0.220. The molecule has 4 N–H and O–H groups in total. The zero-order chi connectivity index (χ0) is 11.1. The molecule has 6 heteroatoms. The summed E-state index contributed by atoms with van der Waals surface area (Å²) in [5.74, 6) is 4.99. The Labute approximate surface area is 91.2 Å². The van der Waals surface area contributed by atoms with Crippen molar-refractivity contribution in [2.24, 2.45) is 16.5 Å². The van der Waals surface area contributed by atoms with Crippen molar-refractivity contribution in [3.63, 3.8) is 0 Å². The summed E-state index contributed by atoms with van der Waals surface area (Å²) in [6.07, 6.45) is 1.96. The largest absolute Gasteiger partial charge is 0.370 e. The normalized spacial score (nSPS) is 8.80. The highest BCUT2D eigenvalue weighted by Crippen LogP contribution is 2.05. The number of nitrogens with zero attached hydrogens (tertiary/aromatic N) is 2. The van der Waals surface area contributed by atoms with E-state index in [1.165, 1.54) is 17.5 Å². The van der Waals surface area contributed by atoms with Gasteiger partial charge in [-0.15, -0.1) is 11.3 Å². The quantitative estimate of drug-likeness (QED) is 0.188. The summed E-state index contributed by atoms with van der Waals surface area (Å²) < 4.78 is 0. The van der Waals surface area contributed by atoms with Crippen LogP contribution in [0, 0.1) is 11.8 Å². The lowest BCUT2D eigenvalue weighted by Gasteiger charge is -1.87. The van der Waals surface area contributed by atoms with Gasteiger partial charge >= 0.3 is 0 Å². The van der Waals surface area contributed by atoms with Gasteiger partial charge in [-0.2, -0.15) is 0 Å². The van der Waals surface area contributed by atoms with E-state index in [0.717, 1.165) is 0 Å². The SMILES string of the molecule is NC(N)=NCCC#CC(=O)c1cncs1. The van der Waals surface area contributed by atoms with Gasteiger partial charge in [0.05, 0.1) is 12.1 Å². The summed E-state index contributed by atoms with van der Waals surface area (Å²) in [7, 11) is 0.